The van der Waals surface area contributed by atoms with Gasteiger partial charge in [-0.3, -0.25) is 9.48 Å². The smallest absolute Gasteiger partial charge is 0.475 e. The van der Waals surface area contributed by atoms with Crippen molar-refractivity contribution in [2.75, 3.05) is 6.54 Å². The summed E-state index contributed by atoms with van der Waals surface area (Å²) in [7, 11) is 0. The van der Waals surface area contributed by atoms with Gasteiger partial charge in [-0.1, -0.05) is 0 Å². The number of rotatable bonds is 3. The molecule has 4 rings (SSSR count). The minimum Gasteiger partial charge on any atom is -0.475 e. The Labute approximate surface area is 162 Å². The number of furan rings is 1. The number of hydrogen-bond acceptors (Lipinski definition) is 5. The van der Waals surface area contributed by atoms with Gasteiger partial charge in [0.05, 0.1) is 30.6 Å². The Balaban J connectivity index is 0.000000298. The van der Waals surface area contributed by atoms with Gasteiger partial charge in [0.15, 0.2) is 0 Å². The van der Waals surface area contributed by atoms with Crippen LogP contribution in [0.15, 0.2) is 47.7 Å². The van der Waals surface area contributed by atoms with Gasteiger partial charge in [0.25, 0.3) is 5.91 Å². The van der Waals surface area contributed by atoms with Crippen molar-refractivity contribution in [1.82, 2.24) is 24.2 Å². The number of aliphatic carboxylic acids is 1. The zero-order valence-corrected chi connectivity index (χ0v) is 14.9. The summed E-state index contributed by atoms with van der Waals surface area (Å²) in [6, 6.07) is 3.58. The molecular weight excluding hydrogens is 395 g/mol. The zero-order chi connectivity index (χ0) is 21.0. The predicted molar refractivity (Wildman–Crippen MR) is 90.7 cm³/mol. The van der Waals surface area contributed by atoms with Crippen LogP contribution in [0.1, 0.15) is 21.9 Å². The number of carboxylic acid groups (broad SMARTS) is 1. The fourth-order valence-electron chi connectivity index (χ4n) is 2.69. The first-order valence-electron chi connectivity index (χ1n) is 8.38. The molecule has 9 nitrogen and oxygen atoms in total. The molecule has 12 heteroatoms. The molecular formula is C17H16F3N5O4. The van der Waals surface area contributed by atoms with Crippen LogP contribution < -0.4 is 0 Å². The maximum Gasteiger partial charge on any atom is 0.490 e. The summed E-state index contributed by atoms with van der Waals surface area (Å²) < 4.78 is 40.7. The fourth-order valence-corrected chi connectivity index (χ4v) is 2.69. The van der Waals surface area contributed by atoms with Crippen LogP contribution in [0.25, 0.3) is 0 Å². The largest absolute Gasteiger partial charge is 0.490 e. The topological polar surface area (TPSA) is 106 Å². The van der Waals surface area contributed by atoms with Gasteiger partial charge in [-0.2, -0.15) is 18.3 Å². The molecule has 0 bridgehead atoms. The van der Waals surface area contributed by atoms with Gasteiger partial charge in [-0.05, 0) is 12.1 Å². The number of alkyl halides is 3. The van der Waals surface area contributed by atoms with Crippen molar-refractivity contribution in [3.8, 4) is 0 Å². The minimum absolute atomic E-state index is 0.0170. The first kappa shape index (κ1) is 20.2. The Hall–Kier alpha value is -3.57. The first-order valence-corrected chi connectivity index (χ1v) is 8.38. The monoisotopic (exact) mass is 411 g/mol. The molecule has 3 aromatic heterocycles. The molecule has 0 saturated carbocycles. The molecule has 3 aromatic rings. The maximum absolute atomic E-state index is 12.3. The second-order valence-corrected chi connectivity index (χ2v) is 6.09. The van der Waals surface area contributed by atoms with E-state index in [-0.39, 0.29) is 5.91 Å². The molecule has 1 amide bonds. The molecule has 4 heterocycles. The van der Waals surface area contributed by atoms with E-state index in [1.54, 1.807) is 17.2 Å². The highest BCUT2D eigenvalue weighted by molar-refractivity contribution is 5.93. The van der Waals surface area contributed by atoms with Gasteiger partial charge in [-0.25, -0.2) is 9.78 Å². The quantitative estimate of drug-likeness (QED) is 0.707. The number of imidazole rings is 1. The molecule has 0 aliphatic carbocycles. The number of aromatic nitrogens is 4. The number of halogens is 3. The van der Waals surface area contributed by atoms with Crippen molar-refractivity contribution < 1.29 is 32.3 Å². The van der Waals surface area contributed by atoms with E-state index in [0.717, 1.165) is 18.1 Å². The third kappa shape index (κ3) is 5.03. The fraction of sp³-hybridized carbons (Fsp3) is 0.294. The second kappa shape index (κ2) is 8.20. The molecule has 0 radical (unpaired) electrons. The average Bonchev–Trinajstić information content (AvgIpc) is 3.42. The predicted octanol–water partition coefficient (Wildman–Crippen LogP) is 2.01. The summed E-state index contributed by atoms with van der Waals surface area (Å²) in [6.45, 7) is 2.59. The van der Waals surface area contributed by atoms with Crippen LogP contribution in [0.5, 0.6) is 0 Å². The number of nitrogens with zero attached hydrogens (tertiary/aromatic N) is 5. The molecule has 0 saturated heterocycles. The third-order valence-electron chi connectivity index (χ3n) is 4.03. The van der Waals surface area contributed by atoms with Crippen molar-refractivity contribution in [3.05, 3.63) is 60.3 Å². The van der Waals surface area contributed by atoms with E-state index in [9.17, 15) is 18.0 Å². The van der Waals surface area contributed by atoms with Gasteiger partial charge >= 0.3 is 12.1 Å². The summed E-state index contributed by atoms with van der Waals surface area (Å²) in [4.78, 5) is 27.7. The van der Waals surface area contributed by atoms with Crippen molar-refractivity contribution in [1.29, 1.82) is 0 Å². The number of carboxylic acids is 1. The molecule has 0 fully saturated rings. The second-order valence-electron chi connectivity index (χ2n) is 6.09. The Bertz CT molecular complexity index is 964. The number of carbonyl (C=O) groups is 2. The summed E-state index contributed by atoms with van der Waals surface area (Å²) in [5, 5.41) is 11.3. The molecule has 1 aliphatic heterocycles. The van der Waals surface area contributed by atoms with E-state index in [4.69, 9.17) is 14.3 Å². The van der Waals surface area contributed by atoms with E-state index < -0.39 is 12.1 Å². The molecule has 0 aromatic carbocycles. The molecule has 0 spiro atoms. The Morgan fingerprint density at radius 2 is 2.03 bits per heavy atom. The Morgan fingerprint density at radius 3 is 2.62 bits per heavy atom. The van der Waals surface area contributed by atoms with Crippen molar-refractivity contribution in [2.45, 2.75) is 25.8 Å². The van der Waals surface area contributed by atoms with Gasteiger partial charge in [0.1, 0.15) is 12.1 Å². The van der Waals surface area contributed by atoms with E-state index in [1.807, 2.05) is 23.1 Å². The zero-order valence-electron chi connectivity index (χ0n) is 14.9. The lowest BCUT2D eigenvalue weighted by atomic mass is 10.2. The van der Waals surface area contributed by atoms with Crippen LogP contribution >= 0.6 is 0 Å². The molecule has 0 atom stereocenters. The SMILES string of the molecule is O=C(O)C(F)(F)F.O=C(c1ccoc1)N1CCn2cc(Cn3cccn3)nc2C1. The summed E-state index contributed by atoms with van der Waals surface area (Å²) in [5.74, 6) is -1.87. The molecule has 29 heavy (non-hydrogen) atoms. The van der Waals surface area contributed by atoms with Crippen molar-refractivity contribution in [3.63, 3.8) is 0 Å². The lowest BCUT2D eigenvalue weighted by molar-refractivity contribution is -0.192. The first-order chi connectivity index (χ1) is 13.7. The van der Waals surface area contributed by atoms with E-state index in [0.29, 0.717) is 25.2 Å². The number of amides is 1. The van der Waals surface area contributed by atoms with E-state index in [2.05, 4.69) is 14.6 Å². The molecule has 154 valence electrons. The van der Waals surface area contributed by atoms with E-state index >= 15 is 0 Å². The summed E-state index contributed by atoms with van der Waals surface area (Å²) in [6.07, 6.45) is 3.61. The number of fused-ring (bicyclic) bond motifs is 1. The molecule has 1 N–H and O–H groups in total. The molecule has 0 unspecified atom stereocenters. The van der Waals surface area contributed by atoms with E-state index in [1.165, 1.54) is 12.5 Å². The highest BCUT2D eigenvalue weighted by atomic mass is 19.4. The highest BCUT2D eigenvalue weighted by Gasteiger charge is 2.38. The normalized spacial score (nSPS) is 13.4. The van der Waals surface area contributed by atoms with Crippen LogP contribution in [-0.4, -0.2) is 53.9 Å². The summed E-state index contributed by atoms with van der Waals surface area (Å²) >= 11 is 0. The number of carbonyl (C=O) groups excluding carboxylic acids is 1. The van der Waals surface area contributed by atoms with Gasteiger partial charge in [-0.15, -0.1) is 0 Å². The van der Waals surface area contributed by atoms with Gasteiger partial charge < -0.3 is 19.0 Å². The highest BCUT2D eigenvalue weighted by Crippen LogP contribution is 2.16. The van der Waals surface area contributed by atoms with Crippen molar-refractivity contribution >= 4 is 11.9 Å². The molecule has 1 aliphatic rings. The van der Waals surface area contributed by atoms with Gasteiger partial charge in [0.2, 0.25) is 0 Å². The maximum atomic E-state index is 12.3. The van der Waals surface area contributed by atoms with Crippen LogP contribution in [0.4, 0.5) is 13.2 Å². The third-order valence-corrected chi connectivity index (χ3v) is 4.03. The van der Waals surface area contributed by atoms with Crippen molar-refractivity contribution in [2.24, 2.45) is 0 Å². The van der Waals surface area contributed by atoms with Gasteiger partial charge in [0, 0.05) is 31.7 Å². The summed E-state index contributed by atoms with van der Waals surface area (Å²) in [5.41, 5.74) is 1.54. The Morgan fingerprint density at radius 1 is 1.28 bits per heavy atom. The minimum atomic E-state index is -5.08. The lowest BCUT2D eigenvalue weighted by Crippen LogP contribution is -2.38. The average molecular weight is 411 g/mol. The standard InChI is InChI=1S/C15H15N5O2.C2HF3O2/c21-15(12-2-7-22-11-12)19-6-5-18-8-13(17-14(18)10-19)9-20-4-1-3-16-20;3-2(4,5)1(6)7/h1-4,7-8,11H,5-6,9-10H2;(H,6,7). The number of hydrogen-bond donors (Lipinski definition) is 1. The van der Waals surface area contributed by atoms with Crippen LogP contribution in [0.2, 0.25) is 0 Å². The van der Waals surface area contributed by atoms with Crippen LogP contribution in [-0.2, 0) is 24.4 Å². The van der Waals surface area contributed by atoms with Crippen LogP contribution in [0, 0.1) is 0 Å². The lowest BCUT2D eigenvalue weighted by Gasteiger charge is -2.27. The van der Waals surface area contributed by atoms with Crippen LogP contribution in [0.3, 0.4) is 0 Å². The Kier molecular flexibility index (Phi) is 5.71.